The van der Waals surface area contributed by atoms with E-state index < -0.39 is 29.7 Å². The van der Waals surface area contributed by atoms with Crippen molar-refractivity contribution in [1.29, 1.82) is 0 Å². The molecule has 0 aliphatic rings. The van der Waals surface area contributed by atoms with Crippen LogP contribution in [0.1, 0.15) is 82.7 Å². The van der Waals surface area contributed by atoms with Gasteiger partial charge >= 0.3 is 6.09 Å². The number of phenols is 1. The van der Waals surface area contributed by atoms with Crippen LogP contribution in [0.4, 0.5) is 10.5 Å². The molecule has 3 unspecified atom stereocenters. The highest BCUT2D eigenvalue weighted by Gasteiger charge is 2.39. The normalized spacial score (nSPS) is 13.4. The average Bonchev–Trinajstić information content (AvgIpc) is 3.02. The zero-order valence-electron chi connectivity index (χ0n) is 30.0. The van der Waals surface area contributed by atoms with Crippen LogP contribution in [0.2, 0.25) is 0 Å². The summed E-state index contributed by atoms with van der Waals surface area (Å²) in [5.41, 5.74) is 3.18. The van der Waals surface area contributed by atoms with Crippen LogP contribution >= 0.6 is 0 Å². The van der Waals surface area contributed by atoms with E-state index in [4.69, 9.17) is 4.74 Å². The lowest BCUT2D eigenvalue weighted by molar-refractivity contribution is -0.143. The summed E-state index contributed by atoms with van der Waals surface area (Å²) >= 11 is 0. The number of amides is 3. The van der Waals surface area contributed by atoms with Crippen LogP contribution in [0.25, 0.3) is 10.8 Å². The summed E-state index contributed by atoms with van der Waals surface area (Å²) in [7, 11) is 0. The largest absolute Gasteiger partial charge is 0.508 e. The summed E-state index contributed by atoms with van der Waals surface area (Å²) in [5, 5.41) is 17.9. The van der Waals surface area contributed by atoms with E-state index in [9.17, 15) is 14.7 Å². The molecule has 8 heteroatoms. The number of benzene rings is 4. The van der Waals surface area contributed by atoms with Crippen molar-refractivity contribution in [3.8, 4) is 5.75 Å². The fourth-order valence-corrected chi connectivity index (χ4v) is 6.04. The number of nitrogens with one attached hydrogen (secondary N) is 2. The molecule has 49 heavy (non-hydrogen) atoms. The second-order valence-electron chi connectivity index (χ2n) is 14.4. The number of nitrogens with zero attached hydrogens (tertiary/aromatic N) is 1. The van der Waals surface area contributed by atoms with Gasteiger partial charge in [0.15, 0.2) is 0 Å². The number of aromatic hydroxyl groups is 1. The maximum atomic E-state index is 15.1. The number of ether oxygens (including phenoxy) is 1. The molecule has 4 aromatic rings. The van der Waals surface area contributed by atoms with Gasteiger partial charge < -0.3 is 25.4 Å². The molecule has 4 aromatic carbocycles. The van der Waals surface area contributed by atoms with Gasteiger partial charge in [0.2, 0.25) is 5.91 Å². The first kappa shape index (κ1) is 37.0. The lowest BCUT2D eigenvalue weighted by Crippen LogP contribution is -2.55. The van der Waals surface area contributed by atoms with Crippen LogP contribution in [-0.4, -0.2) is 45.6 Å². The van der Waals surface area contributed by atoms with Gasteiger partial charge in [-0.25, -0.2) is 4.79 Å². The molecular weight excluding hydrogens is 614 g/mol. The van der Waals surface area contributed by atoms with Crippen LogP contribution in [0.15, 0.2) is 84.9 Å². The molecule has 8 nitrogen and oxygen atoms in total. The Bertz CT molecular complexity index is 1760. The molecule has 0 saturated carbocycles. The van der Waals surface area contributed by atoms with Crippen molar-refractivity contribution in [2.45, 2.75) is 98.4 Å². The van der Waals surface area contributed by atoms with E-state index in [0.717, 1.165) is 33.9 Å². The number of hydrogen-bond acceptors (Lipinski definition) is 5. The van der Waals surface area contributed by atoms with Gasteiger partial charge in [-0.05, 0) is 112 Å². The average molecular weight is 666 g/mol. The smallest absolute Gasteiger partial charge is 0.408 e. The second kappa shape index (κ2) is 16.0. The number of aryl methyl sites for hydroxylation is 2. The summed E-state index contributed by atoms with van der Waals surface area (Å²) in [6, 6.07) is 23.6. The van der Waals surface area contributed by atoms with Gasteiger partial charge in [0.05, 0.1) is 0 Å². The van der Waals surface area contributed by atoms with Gasteiger partial charge in [-0.3, -0.25) is 9.59 Å². The Kier molecular flexibility index (Phi) is 12.1. The Hall–Kier alpha value is -4.85. The molecule has 0 heterocycles. The third-order valence-electron chi connectivity index (χ3n) is 8.52. The first-order valence-corrected chi connectivity index (χ1v) is 17.1. The van der Waals surface area contributed by atoms with Crippen LogP contribution in [-0.2, 0) is 20.7 Å². The summed E-state index contributed by atoms with van der Waals surface area (Å²) < 4.78 is 5.59. The van der Waals surface area contributed by atoms with Gasteiger partial charge in [0.1, 0.15) is 23.4 Å². The van der Waals surface area contributed by atoms with Crippen LogP contribution in [0.5, 0.6) is 5.75 Å². The molecule has 0 aliphatic heterocycles. The van der Waals surface area contributed by atoms with Gasteiger partial charge in [0.25, 0.3) is 5.91 Å². The van der Waals surface area contributed by atoms with Crippen molar-refractivity contribution in [2.75, 3.05) is 5.32 Å². The number of fused-ring (bicyclic) bond motifs is 1. The van der Waals surface area contributed by atoms with E-state index in [1.807, 2.05) is 81.4 Å². The van der Waals surface area contributed by atoms with Crippen LogP contribution in [0, 0.1) is 19.8 Å². The Balaban J connectivity index is 1.83. The van der Waals surface area contributed by atoms with Gasteiger partial charge in [0, 0.05) is 18.2 Å². The molecule has 0 fully saturated rings. The number of phenolic OH excluding ortho intramolecular Hbond substituents is 1. The molecular formula is C41H51N3O5. The molecule has 0 bridgehead atoms. The van der Waals surface area contributed by atoms with E-state index >= 15 is 4.79 Å². The fraction of sp³-hybridized carbons (Fsp3) is 0.390. The minimum Gasteiger partial charge on any atom is -0.508 e. The highest BCUT2D eigenvalue weighted by Crippen LogP contribution is 2.32. The highest BCUT2D eigenvalue weighted by atomic mass is 16.6. The molecule has 3 N–H and O–H groups in total. The van der Waals surface area contributed by atoms with E-state index in [0.29, 0.717) is 23.6 Å². The topological polar surface area (TPSA) is 108 Å². The molecule has 0 aliphatic carbocycles. The number of hydrogen-bond donors (Lipinski definition) is 3. The van der Waals surface area contributed by atoms with Crippen LogP contribution in [0.3, 0.4) is 0 Å². The lowest BCUT2D eigenvalue weighted by Gasteiger charge is -2.39. The van der Waals surface area contributed by atoms with Gasteiger partial charge in [-0.1, -0.05) is 80.1 Å². The maximum absolute atomic E-state index is 15.1. The summed E-state index contributed by atoms with van der Waals surface area (Å²) in [6.07, 6.45) is 0.867. The summed E-state index contributed by atoms with van der Waals surface area (Å²) in [6.45, 7) is 15.5. The SMILES string of the molecule is Cc1ccc(C(C(=O)Nc2ccc3ccccc3c2)N(C(=O)C(Cc2ccc(O)cc2)NC(=O)OC(C)(C)C)C(C)CCC(C)C)c(C)c1. The minimum atomic E-state index is -1.07. The highest BCUT2D eigenvalue weighted by molar-refractivity contribution is 6.00. The van der Waals surface area contributed by atoms with Crippen molar-refractivity contribution in [3.63, 3.8) is 0 Å². The third-order valence-corrected chi connectivity index (χ3v) is 8.52. The van der Waals surface area contributed by atoms with Gasteiger partial charge in [-0.2, -0.15) is 0 Å². The van der Waals surface area contributed by atoms with E-state index in [1.54, 1.807) is 49.9 Å². The molecule has 0 saturated heterocycles. The number of anilines is 1. The van der Waals surface area contributed by atoms with Crippen molar-refractivity contribution in [3.05, 3.63) is 107 Å². The predicted octanol–water partition coefficient (Wildman–Crippen LogP) is 8.63. The van der Waals surface area contributed by atoms with Crippen molar-refractivity contribution in [1.82, 2.24) is 10.2 Å². The molecule has 4 rings (SSSR count). The zero-order valence-corrected chi connectivity index (χ0v) is 30.0. The van der Waals surface area contributed by atoms with Crippen molar-refractivity contribution in [2.24, 2.45) is 5.92 Å². The zero-order chi connectivity index (χ0) is 35.9. The quantitative estimate of drug-likeness (QED) is 0.140. The second-order valence-corrected chi connectivity index (χ2v) is 14.4. The number of alkyl carbamates (subject to hydrolysis) is 1. The van der Waals surface area contributed by atoms with Gasteiger partial charge in [-0.15, -0.1) is 0 Å². The third kappa shape index (κ3) is 10.3. The molecule has 3 amide bonds. The first-order chi connectivity index (χ1) is 23.1. The lowest BCUT2D eigenvalue weighted by atomic mass is 9.93. The van der Waals surface area contributed by atoms with E-state index in [2.05, 4.69) is 24.5 Å². The summed E-state index contributed by atoms with van der Waals surface area (Å²) in [5.74, 6) is -0.296. The Morgan fingerprint density at radius 1 is 0.837 bits per heavy atom. The minimum absolute atomic E-state index is 0.0935. The number of carbonyl (C=O) groups excluding carboxylic acids is 3. The number of rotatable bonds is 12. The van der Waals surface area contributed by atoms with E-state index in [1.165, 1.54) is 0 Å². The molecule has 260 valence electrons. The Morgan fingerprint density at radius 3 is 2.14 bits per heavy atom. The number of carbonyl (C=O) groups is 3. The molecule has 3 atom stereocenters. The maximum Gasteiger partial charge on any atom is 0.408 e. The predicted molar refractivity (Wildman–Crippen MR) is 197 cm³/mol. The van der Waals surface area contributed by atoms with Crippen molar-refractivity contribution < 1.29 is 24.2 Å². The Labute approximate surface area is 290 Å². The molecule has 0 spiro atoms. The molecule has 0 radical (unpaired) electrons. The first-order valence-electron chi connectivity index (χ1n) is 17.1. The Morgan fingerprint density at radius 2 is 1.51 bits per heavy atom. The molecule has 0 aromatic heterocycles. The monoisotopic (exact) mass is 665 g/mol. The fourth-order valence-electron chi connectivity index (χ4n) is 6.04. The standard InChI is InChI=1S/C41H51N3O5/c1-26(2)13-15-29(5)44(39(47)36(43-40(48)49-41(6,7)8)24-30-16-20-34(45)21-17-30)37(35-22-14-27(3)23-28(35)4)38(46)42-33-19-18-31-11-9-10-12-32(31)25-33/h9-12,14,16-23,25-26,29,36-37,45H,13,15,24H2,1-8H3,(H,42,46)(H,43,48). The van der Waals surface area contributed by atoms with E-state index in [-0.39, 0.29) is 24.1 Å². The summed E-state index contributed by atoms with van der Waals surface area (Å²) in [4.78, 5) is 44.6. The van der Waals surface area contributed by atoms with Crippen molar-refractivity contribution >= 4 is 34.4 Å². The van der Waals surface area contributed by atoms with Crippen LogP contribution < -0.4 is 10.6 Å².